The van der Waals surface area contributed by atoms with Gasteiger partial charge in [0.05, 0.1) is 28.8 Å². The Bertz CT molecular complexity index is 1250. The number of sulfonamides is 1. The van der Waals surface area contributed by atoms with E-state index < -0.39 is 27.7 Å². The smallest absolute Gasteiger partial charge is 0.322 e. The number of carbonyl (C=O) groups excluding carboxylic acids is 1. The normalized spacial score (nSPS) is 11.9. The molecule has 0 radical (unpaired) electrons. The highest BCUT2D eigenvalue weighted by Gasteiger charge is 2.30. The van der Waals surface area contributed by atoms with Crippen LogP contribution in [0.25, 0.3) is 5.82 Å². The Morgan fingerprint density at radius 3 is 2.42 bits per heavy atom. The first kappa shape index (κ1) is 24.1. The highest BCUT2D eigenvalue weighted by Crippen LogP contribution is 2.29. The summed E-state index contributed by atoms with van der Waals surface area (Å²) in [7, 11) is -3.50. The van der Waals surface area contributed by atoms with Crippen molar-refractivity contribution in [2.45, 2.75) is 18.9 Å². The van der Waals surface area contributed by atoms with Gasteiger partial charge in [0.15, 0.2) is 5.82 Å². The second kappa shape index (κ2) is 9.55. The fraction of sp³-hybridized carbons (Fsp3) is 0.190. The quantitative estimate of drug-likeness (QED) is 0.482. The fourth-order valence-electron chi connectivity index (χ4n) is 2.88. The van der Waals surface area contributed by atoms with Gasteiger partial charge < -0.3 is 5.32 Å². The van der Waals surface area contributed by atoms with Crippen LogP contribution in [0.15, 0.2) is 61.4 Å². The van der Waals surface area contributed by atoms with Crippen molar-refractivity contribution in [2.75, 3.05) is 11.9 Å². The van der Waals surface area contributed by atoms with Crippen molar-refractivity contribution < 1.29 is 26.4 Å². The van der Waals surface area contributed by atoms with E-state index in [-0.39, 0.29) is 23.7 Å². The molecular weight excluding hydrogens is 459 g/mol. The molecule has 2 heterocycles. The maximum absolute atomic E-state index is 12.7. The third kappa shape index (κ3) is 6.05. The monoisotopic (exact) mass is 479 g/mol. The van der Waals surface area contributed by atoms with Gasteiger partial charge in [0, 0.05) is 18.4 Å². The topological polar surface area (TPSA) is 106 Å². The predicted molar refractivity (Wildman–Crippen MR) is 116 cm³/mol. The van der Waals surface area contributed by atoms with Gasteiger partial charge in [-0.1, -0.05) is 18.2 Å². The molecule has 3 aromatic rings. The van der Waals surface area contributed by atoms with Crippen molar-refractivity contribution >= 4 is 21.6 Å². The molecule has 2 aromatic heterocycles. The summed E-state index contributed by atoms with van der Waals surface area (Å²) in [5.74, 6) is -0.574. The lowest BCUT2D eigenvalue weighted by molar-refractivity contribution is -0.137. The maximum Gasteiger partial charge on any atom is 0.417 e. The highest BCUT2D eigenvalue weighted by molar-refractivity contribution is 7.88. The summed E-state index contributed by atoms with van der Waals surface area (Å²) in [6.07, 6.45) is -1.08. The van der Waals surface area contributed by atoms with Crippen LogP contribution in [-0.2, 0) is 22.0 Å². The van der Waals surface area contributed by atoms with E-state index in [0.717, 1.165) is 6.07 Å². The number of nitrogens with one attached hydrogen (secondary N) is 2. The van der Waals surface area contributed by atoms with Crippen LogP contribution < -0.4 is 10.0 Å². The minimum absolute atomic E-state index is 0.130. The third-order valence-corrected chi connectivity index (χ3v) is 5.88. The van der Waals surface area contributed by atoms with Crippen LogP contribution in [0.5, 0.6) is 0 Å². The second-order valence-electron chi connectivity index (χ2n) is 7.01. The van der Waals surface area contributed by atoms with Gasteiger partial charge in [0.1, 0.15) is 0 Å². The highest BCUT2D eigenvalue weighted by atomic mass is 32.2. The Morgan fingerprint density at radius 2 is 1.85 bits per heavy atom. The number of benzene rings is 1. The van der Waals surface area contributed by atoms with Crippen LogP contribution in [0.1, 0.15) is 27.2 Å². The van der Waals surface area contributed by atoms with Gasteiger partial charge in [-0.15, -0.1) is 6.58 Å². The SMILES string of the molecule is C=CCNS(=O)(=O)Cc1ccc(NC(=O)c2cnn(-c3ccc(C(F)(F)F)cn3)c2C)cc1. The number of rotatable bonds is 8. The van der Waals surface area contributed by atoms with Crippen LogP contribution in [0.4, 0.5) is 18.9 Å². The Kier molecular flexibility index (Phi) is 6.98. The molecule has 3 rings (SSSR count). The van der Waals surface area contributed by atoms with E-state index >= 15 is 0 Å². The number of carbonyl (C=O) groups is 1. The van der Waals surface area contributed by atoms with E-state index in [1.807, 2.05) is 0 Å². The lowest BCUT2D eigenvalue weighted by Crippen LogP contribution is -2.25. The van der Waals surface area contributed by atoms with E-state index in [1.54, 1.807) is 31.2 Å². The Balaban J connectivity index is 1.70. The Morgan fingerprint density at radius 1 is 1.15 bits per heavy atom. The largest absolute Gasteiger partial charge is 0.417 e. The molecule has 0 unspecified atom stereocenters. The molecule has 8 nitrogen and oxygen atoms in total. The number of amides is 1. The van der Waals surface area contributed by atoms with Gasteiger partial charge in [0.25, 0.3) is 5.91 Å². The molecule has 0 saturated heterocycles. The van der Waals surface area contributed by atoms with Crippen LogP contribution in [0.2, 0.25) is 0 Å². The van der Waals surface area contributed by atoms with Crippen molar-refractivity contribution in [3.05, 3.63) is 83.8 Å². The summed E-state index contributed by atoms with van der Waals surface area (Å²) < 4.78 is 65.7. The number of nitrogens with zero attached hydrogens (tertiary/aromatic N) is 3. The van der Waals surface area contributed by atoms with Crippen molar-refractivity contribution in [3.63, 3.8) is 0 Å². The molecule has 174 valence electrons. The van der Waals surface area contributed by atoms with Gasteiger partial charge in [-0.05, 0) is 36.8 Å². The zero-order chi connectivity index (χ0) is 24.2. The second-order valence-corrected chi connectivity index (χ2v) is 8.81. The van der Waals surface area contributed by atoms with E-state index in [0.29, 0.717) is 23.1 Å². The molecule has 0 aliphatic carbocycles. The molecule has 33 heavy (non-hydrogen) atoms. The van der Waals surface area contributed by atoms with Crippen LogP contribution in [0.3, 0.4) is 0 Å². The van der Waals surface area contributed by atoms with Gasteiger partial charge in [-0.3, -0.25) is 4.79 Å². The van der Waals surface area contributed by atoms with Crippen molar-refractivity contribution in [3.8, 4) is 5.82 Å². The van der Waals surface area contributed by atoms with E-state index in [1.165, 1.54) is 23.0 Å². The first-order valence-corrected chi connectivity index (χ1v) is 11.2. The van der Waals surface area contributed by atoms with E-state index in [2.05, 4.69) is 26.7 Å². The van der Waals surface area contributed by atoms with Crippen molar-refractivity contribution in [1.82, 2.24) is 19.5 Å². The van der Waals surface area contributed by atoms with Crippen LogP contribution >= 0.6 is 0 Å². The Hall–Kier alpha value is -3.51. The first-order valence-electron chi connectivity index (χ1n) is 9.57. The van der Waals surface area contributed by atoms with Gasteiger partial charge in [0.2, 0.25) is 10.0 Å². The lowest BCUT2D eigenvalue weighted by atomic mass is 10.2. The standard InChI is InChI=1S/C21H20F3N5O3S/c1-3-10-27-33(31,32)13-15-4-7-17(8-5-15)28-20(30)18-12-26-29(14(18)2)19-9-6-16(11-25-19)21(22,23)24/h3-9,11-12,27H,1,10,13H2,2H3,(H,28,30). The summed E-state index contributed by atoms with van der Waals surface area (Å²) in [6.45, 7) is 5.17. The molecule has 1 aromatic carbocycles. The average molecular weight is 479 g/mol. The average Bonchev–Trinajstić information content (AvgIpc) is 3.14. The fourth-order valence-corrected chi connectivity index (χ4v) is 3.99. The molecule has 0 aliphatic heterocycles. The minimum atomic E-state index is -4.50. The van der Waals surface area contributed by atoms with Crippen molar-refractivity contribution in [2.24, 2.45) is 0 Å². The summed E-state index contributed by atoms with van der Waals surface area (Å²) in [5.41, 5.74) is 0.663. The van der Waals surface area contributed by atoms with E-state index in [4.69, 9.17) is 0 Å². The van der Waals surface area contributed by atoms with Gasteiger partial charge in [-0.2, -0.15) is 18.3 Å². The molecule has 2 N–H and O–H groups in total. The number of pyridine rings is 1. The third-order valence-electron chi connectivity index (χ3n) is 4.56. The molecular formula is C21H20F3N5O3S. The molecule has 0 spiro atoms. The van der Waals surface area contributed by atoms with Gasteiger partial charge >= 0.3 is 6.18 Å². The number of halogens is 3. The number of hydrogen-bond acceptors (Lipinski definition) is 5. The molecule has 1 amide bonds. The predicted octanol–water partition coefficient (Wildman–Crippen LogP) is 3.45. The zero-order valence-corrected chi connectivity index (χ0v) is 18.2. The van der Waals surface area contributed by atoms with Gasteiger partial charge in [-0.25, -0.2) is 22.8 Å². The molecule has 0 aliphatic rings. The van der Waals surface area contributed by atoms with Crippen LogP contribution in [0, 0.1) is 6.92 Å². The number of anilines is 1. The molecule has 12 heteroatoms. The number of aromatic nitrogens is 3. The van der Waals surface area contributed by atoms with Crippen LogP contribution in [-0.4, -0.2) is 35.6 Å². The lowest BCUT2D eigenvalue weighted by Gasteiger charge is -2.09. The Labute approximate surface area is 188 Å². The number of hydrogen-bond donors (Lipinski definition) is 2. The molecule has 0 fully saturated rings. The summed E-state index contributed by atoms with van der Waals surface area (Å²) in [6, 6.07) is 8.33. The summed E-state index contributed by atoms with van der Waals surface area (Å²) in [4.78, 5) is 16.4. The molecule has 0 atom stereocenters. The summed E-state index contributed by atoms with van der Waals surface area (Å²) in [5, 5.41) is 6.73. The van der Waals surface area contributed by atoms with E-state index in [9.17, 15) is 26.4 Å². The minimum Gasteiger partial charge on any atom is -0.322 e. The molecule has 0 saturated carbocycles. The number of alkyl halides is 3. The first-order chi connectivity index (χ1) is 15.5. The molecule has 0 bridgehead atoms. The maximum atomic E-state index is 12.7. The zero-order valence-electron chi connectivity index (χ0n) is 17.4. The van der Waals surface area contributed by atoms with Crippen molar-refractivity contribution in [1.29, 1.82) is 0 Å². The summed E-state index contributed by atoms with van der Waals surface area (Å²) >= 11 is 0.